The molecule has 0 unspecified atom stereocenters. The summed E-state index contributed by atoms with van der Waals surface area (Å²) in [5.41, 5.74) is 0. The van der Waals surface area contributed by atoms with Crippen LogP contribution in [-0.4, -0.2) is 0 Å². The van der Waals surface area contributed by atoms with E-state index < -0.39 is 0 Å². The first-order chi connectivity index (χ1) is 2.50. The second kappa shape index (κ2) is 3.41. The molecule has 0 N–H and O–H groups in total. The monoisotopic (exact) mass is 139 g/mol. The zero-order valence-corrected chi connectivity index (χ0v) is 4.91. The van der Waals surface area contributed by atoms with Gasteiger partial charge in [-0.2, -0.15) is 0 Å². The fourth-order valence-electron chi connectivity index (χ4n) is 0.196. The molecular formula is C4H3FeS. The van der Waals surface area contributed by atoms with Crippen molar-refractivity contribution in [3.05, 3.63) is 22.9 Å². The van der Waals surface area contributed by atoms with Crippen LogP contribution < -0.4 is 0 Å². The second-order valence-corrected chi connectivity index (χ2v) is 1.47. The minimum atomic E-state index is 0. The third-order valence-corrected chi connectivity index (χ3v) is 0.944. The van der Waals surface area contributed by atoms with Gasteiger partial charge >= 0.3 is 0 Å². The molecule has 1 aromatic rings. The van der Waals surface area contributed by atoms with Crippen LogP contribution in [0.1, 0.15) is 0 Å². The molecule has 1 rings (SSSR count). The zero-order valence-electron chi connectivity index (χ0n) is 2.99. The van der Waals surface area contributed by atoms with Crippen molar-refractivity contribution >= 4 is 11.3 Å². The van der Waals surface area contributed by atoms with E-state index in [4.69, 9.17) is 0 Å². The van der Waals surface area contributed by atoms with E-state index >= 15 is 0 Å². The second-order valence-electron chi connectivity index (χ2n) is 0.731. The van der Waals surface area contributed by atoms with E-state index in [0.717, 1.165) is 0 Å². The molecule has 0 saturated heterocycles. The van der Waals surface area contributed by atoms with Gasteiger partial charge in [-0.05, 0) is 11.4 Å². The Balaban J connectivity index is 0.000000250. The van der Waals surface area contributed by atoms with Gasteiger partial charge in [0.25, 0.3) is 0 Å². The Morgan fingerprint density at radius 2 is 2.33 bits per heavy atom. The molecule has 0 fully saturated rings. The maximum absolute atomic E-state index is 2.90. The molecule has 0 amide bonds. The van der Waals surface area contributed by atoms with Gasteiger partial charge in [0.2, 0.25) is 0 Å². The Bertz CT molecular complexity index is 64.0. The van der Waals surface area contributed by atoms with Crippen molar-refractivity contribution in [2.45, 2.75) is 0 Å². The fraction of sp³-hybridized carbons (Fsp3) is 0. The summed E-state index contributed by atoms with van der Waals surface area (Å²) in [6, 6.07) is 3.86. The maximum Gasteiger partial charge on any atom is 0.0442 e. The standard InChI is InChI=1S/C4H3S.Fe/c1-2-4-5-3-1;/h1-3H;. The van der Waals surface area contributed by atoms with Gasteiger partial charge in [0.15, 0.2) is 0 Å². The van der Waals surface area contributed by atoms with Gasteiger partial charge in [-0.25, -0.2) is 0 Å². The summed E-state index contributed by atoms with van der Waals surface area (Å²) in [6.07, 6.45) is 0. The van der Waals surface area contributed by atoms with Crippen LogP contribution >= 0.6 is 11.3 Å². The summed E-state index contributed by atoms with van der Waals surface area (Å²) >= 11 is 1.59. The molecule has 0 aliphatic rings. The van der Waals surface area contributed by atoms with Gasteiger partial charge in [-0.3, -0.25) is 0 Å². The Hall–Kier alpha value is 0.219. The molecule has 0 spiro atoms. The maximum atomic E-state index is 2.90. The topological polar surface area (TPSA) is 0 Å². The Morgan fingerprint density at radius 1 is 1.50 bits per heavy atom. The van der Waals surface area contributed by atoms with Crippen molar-refractivity contribution in [2.75, 3.05) is 0 Å². The quantitative estimate of drug-likeness (QED) is 0.478. The van der Waals surface area contributed by atoms with E-state index in [2.05, 4.69) is 5.38 Å². The normalized spacial score (nSPS) is 6.67. The van der Waals surface area contributed by atoms with Crippen molar-refractivity contribution in [1.82, 2.24) is 0 Å². The summed E-state index contributed by atoms with van der Waals surface area (Å²) in [7, 11) is 0. The first-order valence-electron chi connectivity index (χ1n) is 1.40. The molecule has 2 heteroatoms. The number of hydrogen-bond acceptors (Lipinski definition) is 1. The molecule has 0 aliphatic carbocycles. The van der Waals surface area contributed by atoms with Crippen LogP contribution in [0.5, 0.6) is 0 Å². The summed E-state index contributed by atoms with van der Waals surface area (Å²) in [5.74, 6) is 0. The number of thiophene rings is 1. The van der Waals surface area contributed by atoms with Crippen LogP contribution in [-0.2, 0) is 17.1 Å². The fourth-order valence-corrected chi connectivity index (χ4v) is 0.589. The molecule has 0 bridgehead atoms. The van der Waals surface area contributed by atoms with E-state index in [1.165, 1.54) is 0 Å². The van der Waals surface area contributed by atoms with E-state index in [-0.39, 0.29) is 17.1 Å². The summed E-state index contributed by atoms with van der Waals surface area (Å²) < 4.78 is 0. The van der Waals surface area contributed by atoms with Gasteiger partial charge in [0.1, 0.15) is 0 Å². The first kappa shape index (κ1) is 6.22. The smallest absolute Gasteiger partial charge is 0.0442 e. The summed E-state index contributed by atoms with van der Waals surface area (Å²) in [4.78, 5) is 0. The Morgan fingerprint density at radius 3 is 2.50 bits per heavy atom. The average Bonchev–Trinajstić information content (AvgIpc) is 1.76. The van der Waals surface area contributed by atoms with Gasteiger partial charge in [0.05, 0.1) is 0 Å². The molecule has 6 heavy (non-hydrogen) atoms. The molecule has 0 atom stereocenters. The molecule has 0 aliphatic heterocycles. The number of rotatable bonds is 0. The molecule has 1 aromatic heterocycles. The van der Waals surface area contributed by atoms with Gasteiger partial charge in [-0.15, -0.1) is 11.3 Å². The predicted molar refractivity (Wildman–Crippen MR) is 23.2 cm³/mol. The van der Waals surface area contributed by atoms with E-state index in [1.54, 1.807) is 11.3 Å². The van der Waals surface area contributed by atoms with Crippen LogP contribution in [0.25, 0.3) is 0 Å². The van der Waals surface area contributed by atoms with Crippen LogP contribution in [0, 0.1) is 5.38 Å². The average molecular weight is 139 g/mol. The summed E-state index contributed by atoms with van der Waals surface area (Å²) in [6.45, 7) is 0. The van der Waals surface area contributed by atoms with Crippen LogP contribution in [0.2, 0.25) is 0 Å². The van der Waals surface area contributed by atoms with Crippen LogP contribution in [0.3, 0.4) is 0 Å². The van der Waals surface area contributed by atoms with E-state index in [1.807, 2.05) is 17.5 Å². The molecule has 33 valence electrons. The third-order valence-electron chi connectivity index (χ3n) is 0.379. The van der Waals surface area contributed by atoms with Crippen molar-refractivity contribution in [1.29, 1.82) is 0 Å². The molecule has 0 aromatic carbocycles. The van der Waals surface area contributed by atoms with Crippen molar-refractivity contribution in [2.24, 2.45) is 0 Å². The van der Waals surface area contributed by atoms with Crippen LogP contribution in [0.15, 0.2) is 17.5 Å². The predicted octanol–water partition coefficient (Wildman–Crippen LogP) is 1.55. The largest absolute Gasteiger partial charge is 0.143 e. The molecule has 1 heterocycles. The number of hydrogen-bond donors (Lipinski definition) is 0. The van der Waals surface area contributed by atoms with Gasteiger partial charge in [-0.1, -0.05) is 6.07 Å². The van der Waals surface area contributed by atoms with Crippen molar-refractivity contribution in [3.8, 4) is 0 Å². The van der Waals surface area contributed by atoms with Crippen molar-refractivity contribution in [3.63, 3.8) is 0 Å². The van der Waals surface area contributed by atoms with E-state index in [9.17, 15) is 0 Å². The zero-order chi connectivity index (χ0) is 3.54. The van der Waals surface area contributed by atoms with E-state index in [0.29, 0.717) is 0 Å². The Labute approximate surface area is 51.7 Å². The SMILES string of the molecule is [Fe].[c]1cccs1. The minimum Gasteiger partial charge on any atom is -0.143 e. The minimum absolute atomic E-state index is 0. The summed E-state index contributed by atoms with van der Waals surface area (Å²) in [5, 5.41) is 4.89. The van der Waals surface area contributed by atoms with Gasteiger partial charge in [0, 0.05) is 22.4 Å². The first-order valence-corrected chi connectivity index (χ1v) is 2.27. The van der Waals surface area contributed by atoms with Gasteiger partial charge < -0.3 is 0 Å². The molecule has 1 radical (unpaired) electrons. The van der Waals surface area contributed by atoms with Crippen molar-refractivity contribution < 1.29 is 17.1 Å². The molecule has 0 nitrogen and oxygen atoms in total. The molecular weight excluding hydrogens is 136 g/mol. The van der Waals surface area contributed by atoms with Crippen LogP contribution in [0.4, 0.5) is 0 Å². The Kier molecular flexibility index (Phi) is 3.54. The third kappa shape index (κ3) is 1.61. The molecule has 0 saturated carbocycles.